The van der Waals surface area contributed by atoms with E-state index in [4.69, 9.17) is 5.73 Å². The van der Waals surface area contributed by atoms with E-state index in [0.29, 0.717) is 5.56 Å². The Morgan fingerprint density at radius 1 is 1.42 bits per heavy atom. The number of thiophene rings is 1. The maximum absolute atomic E-state index is 12.1. The zero-order valence-electron chi connectivity index (χ0n) is 14.0. The van der Waals surface area contributed by atoms with Gasteiger partial charge in [-0.05, 0) is 35.7 Å². The predicted octanol–water partition coefficient (Wildman–Crippen LogP) is 3.54. The summed E-state index contributed by atoms with van der Waals surface area (Å²) >= 11 is 1.63. The summed E-state index contributed by atoms with van der Waals surface area (Å²) in [6, 6.07) is 2.06. The number of carbonyl (C=O) groups excluding carboxylic acids is 1. The lowest BCUT2D eigenvalue weighted by Gasteiger charge is -2.12. The number of nitrogens with two attached hydrogens (primary N) is 1. The summed E-state index contributed by atoms with van der Waals surface area (Å²) in [5.41, 5.74) is 11.7. The molecule has 1 amide bonds. The first-order chi connectivity index (χ1) is 11.6. The summed E-state index contributed by atoms with van der Waals surface area (Å²) in [6.45, 7) is 4.94. The molecule has 5 nitrogen and oxygen atoms in total. The molecule has 0 aliphatic rings. The normalized spacial score (nSPS) is 11.1. The van der Waals surface area contributed by atoms with E-state index >= 15 is 0 Å². The molecule has 0 aliphatic heterocycles. The van der Waals surface area contributed by atoms with Crippen molar-refractivity contribution in [3.05, 3.63) is 52.0 Å². The van der Waals surface area contributed by atoms with Gasteiger partial charge in [-0.2, -0.15) is 11.3 Å². The van der Waals surface area contributed by atoms with E-state index in [1.165, 1.54) is 5.69 Å². The second kappa shape index (κ2) is 7.05. The van der Waals surface area contributed by atoms with Gasteiger partial charge in [-0.25, -0.2) is 4.98 Å². The predicted molar refractivity (Wildman–Crippen MR) is 97.3 cm³/mol. The van der Waals surface area contributed by atoms with Crippen LogP contribution in [0.4, 0.5) is 0 Å². The van der Waals surface area contributed by atoms with Gasteiger partial charge in [-0.3, -0.25) is 4.79 Å². The highest BCUT2D eigenvalue weighted by atomic mass is 32.1. The SMILES string of the molecule is CCCc1c(-c2ccsc2)c(C(N)=O)c(C)n1CCc1cnc[nH]1. The van der Waals surface area contributed by atoms with Crippen LogP contribution in [-0.4, -0.2) is 20.4 Å². The topological polar surface area (TPSA) is 76.7 Å². The number of carbonyl (C=O) groups is 1. The molecular formula is C18H22N4OS. The fourth-order valence-electron chi connectivity index (χ4n) is 3.27. The lowest BCUT2D eigenvalue weighted by Crippen LogP contribution is -2.13. The molecule has 3 aromatic rings. The summed E-state index contributed by atoms with van der Waals surface area (Å²) < 4.78 is 2.25. The molecule has 0 unspecified atom stereocenters. The van der Waals surface area contributed by atoms with E-state index in [2.05, 4.69) is 32.9 Å². The van der Waals surface area contributed by atoms with Gasteiger partial charge in [0.15, 0.2) is 0 Å². The lowest BCUT2D eigenvalue weighted by molar-refractivity contribution is 0.1000. The number of nitrogens with zero attached hydrogens (tertiary/aromatic N) is 2. The summed E-state index contributed by atoms with van der Waals surface area (Å²) in [5, 5.41) is 4.12. The van der Waals surface area contributed by atoms with E-state index in [-0.39, 0.29) is 5.91 Å². The fourth-order valence-corrected chi connectivity index (χ4v) is 3.92. The summed E-state index contributed by atoms with van der Waals surface area (Å²) in [6.07, 6.45) is 6.31. The average molecular weight is 342 g/mol. The smallest absolute Gasteiger partial charge is 0.251 e. The highest BCUT2D eigenvalue weighted by Crippen LogP contribution is 2.35. The summed E-state index contributed by atoms with van der Waals surface area (Å²) in [5.74, 6) is -0.355. The second-order valence-corrected chi connectivity index (χ2v) is 6.67. The largest absolute Gasteiger partial charge is 0.366 e. The number of aryl methyl sites for hydroxylation is 1. The van der Waals surface area contributed by atoms with E-state index in [0.717, 1.165) is 48.3 Å². The third-order valence-corrected chi connectivity index (χ3v) is 5.02. The molecular weight excluding hydrogens is 320 g/mol. The van der Waals surface area contributed by atoms with Gasteiger partial charge >= 0.3 is 0 Å². The van der Waals surface area contributed by atoms with Crippen LogP contribution in [0.3, 0.4) is 0 Å². The van der Waals surface area contributed by atoms with Crippen molar-refractivity contribution in [1.29, 1.82) is 0 Å². The Bertz CT molecular complexity index is 816. The maximum Gasteiger partial charge on any atom is 0.251 e. The minimum Gasteiger partial charge on any atom is -0.366 e. The molecule has 3 rings (SSSR count). The number of aromatic amines is 1. The number of amides is 1. The molecule has 126 valence electrons. The number of nitrogens with one attached hydrogen (secondary N) is 1. The highest BCUT2D eigenvalue weighted by molar-refractivity contribution is 7.08. The molecule has 0 fully saturated rings. The Hall–Kier alpha value is -2.34. The van der Waals surface area contributed by atoms with Crippen LogP contribution in [0, 0.1) is 6.92 Å². The number of H-pyrrole nitrogens is 1. The Morgan fingerprint density at radius 2 is 2.25 bits per heavy atom. The third-order valence-electron chi connectivity index (χ3n) is 4.33. The number of hydrogen-bond acceptors (Lipinski definition) is 3. The van der Waals surface area contributed by atoms with Gasteiger partial charge in [0.1, 0.15) is 0 Å². The molecule has 0 aliphatic carbocycles. The number of hydrogen-bond donors (Lipinski definition) is 2. The zero-order chi connectivity index (χ0) is 17.1. The quantitative estimate of drug-likeness (QED) is 0.689. The van der Waals surface area contributed by atoms with Crippen LogP contribution in [0.25, 0.3) is 11.1 Å². The molecule has 3 heterocycles. The van der Waals surface area contributed by atoms with Crippen LogP contribution in [0.1, 0.15) is 40.8 Å². The van der Waals surface area contributed by atoms with Crippen molar-refractivity contribution < 1.29 is 4.79 Å². The first-order valence-electron chi connectivity index (χ1n) is 8.15. The van der Waals surface area contributed by atoms with Crippen molar-refractivity contribution in [2.45, 2.75) is 39.7 Å². The third kappa shape index (κ3) is 3.01. The van der Waals surface area contributed by atoms with Crippen molar-refractivity contribution in [3.8, 4) is 11.1 Å². The van der Waals surface area contributed by atoms with Crippen molar-refractivity contribution in [2.24, 2.45) is 5.73 Å². The van der Waals surface area contributed by atoms with Crippen LogP contribution in [-0.2, 0) is 19.4 Å². The molecule has 0 atom stereocenters. The van der Waals surface area contributed by atoms with Gasteiger partial charge in [0, 0.05) is 41.8 Å². The Kier molecular flexibility index (Phi) is 4.85. The minimum absolute atomic E-state index is 0.355. The molecule has 0 spiro atoms. The first kappa shape index (κ1) is 16.5. The number of rotatable bonds is 7. The molecule has 0 saturated carbocycles. The van der Waals surface area contributed by atoms with Gasteiger partial charge in [0.05, 0.1) is 11.9 Å². The molecule has 0 bridgehead atoms. The fraction of sp³-hybridized carbons (Fsp3) is 0.333. The van der Waals surface area contributed by atoms with Gasteiger partial charge < -0.3 is 15.3 Å². The standard InChI is InChI=1S/C18H22N4OS/c1-3-4-15-17(13-6-8-24-10-13)16(18(19)23)12(2)22(15)7-5-14-9-20-11-21-14/h6,8-11H,3-5,7H2,1-2H3,(H2,19,23)(H,20,21). The molecule has 0 radical (unpaired) electrons. The van der Waals surface area contributed by atoms with Crippen molar-refractivity contribution in [1.82, 2.24) is 14.5 Å². The lowest BCUT2D eigenvalue weighted by atomic mass is 10.0. The van der Waals surface area contributed by atoms with Crippen LogP contribution in [0.5, 0.6) is 0 Å². The summed E-state index contributed by atoms with van der Waals surface area (Å²) in [4.78, 5) is 19.3. The monoisotopic (exact) mass is 342 g/mol. The second-order valence-electron chi connectivity index (χ2n) is 5.89. The van der Waals surface area contributed by atoms with Gasteiger partial charge in [0.2, 0.25) is 0 Å². The molecule has 24 heavy (non-hydrogen) atoms. The minimum atomic E-state index is -0.355. The van der Waals surface area contributed by atoms with E-state index in [1.54, 1.807) is 17.7 Å². The zero-order valence-corrected chi connectivity index (χ0v) is 14.8. The van der Waals surface area contributed by atoms with Crippen LogP contribution in [0.2, 0.25) is 0 Å². The average Bonchev–Trinajstić information content (AvgIpc) is 3.26. The summed E-state index contributed by atoms with van der Waals surface area (Å²) in [7, 11) is 0. The van der Waals surface area contributed by atoms with E-state index in [1.807, 2.05) is 18.5 Å². The molecule has 0 aromatic carbocycles. The van der Waals surface area contributed by atoms with Crippen molar-refractivity contribution >= 4 is 17.2 Å². The van der Waals surface area contributed by atoms with Crippen LogP contribution in [0.15, 0.2) is 29.4 Å². The Balaban J connectivity index is 2.09. The highest BCUT2D eigenvalue weighted by Gasteiger charge is 2.24. The number of aromatic nitrogens is 3. The van der Waals surface area contributed by atoms with Gasteiger partial charge in [-0.15, -0.1) is 0 Å². The number of primary amides is 1. The Labute approximate surface area is 145 Å². The number of imidazole rings is 1. The Morgan fingerprint density at radius 3 is 2.83 bits per heavy atom. The molecule has 6 heteroatoms. The molecule has 3 N–H and O–H groups in total. The molecule has 0 saturated heterocycles. The van der Waals surface area contributed by atoms with Gasteiger partial charge in [-0.1, -0.05) is 13.3 Å². The van der Waals surface area contributed by atoms with Crippen molar-refractivity contribution in [2.75, 3.05) is 0 Å². The van der Waals surface area contributed by atoms with Crippen LogP contribution >= 0.6 is 11.3 Å². The van der Waals surface area contributed by atoms with E-state index in [9.17, 15) is 4.79 Å². The first-order valence-corrected chi connectivity index (χ1v) is 9.09. The maximum atomic E-state index is 12.1. The van der Waals surface area contributed by atoms with E-state index < -0.39 is 0 Å². The van der Waals surface area contributed by atoms with Crippen molar-refractivity contribution in [3.63, 3.8) is 0 Å². The molecule has 3 aromatic heterocycles. The van der Waals surface area contributed by atoms with Crippen LogP contribution < -0.4 is 5.73 Å². The van der Waals surface area contributed by atoms with Gasteiger partial charge in [0.25, 0.3) is 5.91 Å².